The van der Waals surface area contributed by atoms with E-state index in [-0.39, 0.29) is 5.69 Å². The summed E-state index contributed by atoms with van der Waals surface area (Å²) in [4.78, 5) is 14.9. The highest BCUT2D eigenvalue weighted by Gasteiger charge is 2.05. The third kappa shape index (κ3) is 3.10. The number of carboxylic acids is 1. The van der Waals surface area contributed by atoms with E-state index in [0.29, 0.717) is 12.2 Å². The average Bonchev–Trinajstić information content (AvgIpc) is 2.41. The summed E-state index contributed by atoms with van der Waals surface area (Å²) >= 11 is 0. The Morgan fingerprint density at radius 3 is 2.68 bits per heavy atom. The highest BCUT2D eigenvalue weighted by atomic mass is 16.4. The molecule has 0 saturated carbocycles. The molecule has 2 rings (SSSR count). The average molecular weight is 256 g/mol. The SMILES string of the molecule is Cc1cccc(NCc2cccc(C(=O)O)n2)c1C. The minimum Gasteiger partial charge on any atom is -0.477 e. The molecule has 0 amide bonds. The van der Waals surface area contributed by atoms with Crippen LogP contribution in [0.3, 0.4) is 0 Å². The van der Waals surface area contributed by atoms with Gasteiger partial charge in [-0.3, -0.25) is 0 Å². The van der Waals surface area contributed by atoms with Crippen molar-refractivity contribution >= 4 is 11.7 Å². The van der Waals surface area contributed by atoms with Crippen LogP contribution in [0.4, 0.5) is 5.69 Å². The molecule has 1 aromatic carbocycles. The maximum absolute atomic E-state index is 10.8. The molecule has 0 saturated heterocycles. The molecular weight excluding hydrogens is 240 g/mol. The third-order valence-corrected chi connectivity index (χ3v) is 3.09. The lowest BCUT2D eigenvalue weighted by Gasteiger charge is -2.11. The number of pyridine rings is 1. The molecular formula is C15H16N2O2. The predicted molar refractivity (Wildman–Crippen MR) is 74.4 cm³/mol. The van der Waals surface area contributed by atoms with Crippen LogP contribution in [0.5, 0.6) is 0 Å². The topological polar surface area (TPSA) is 62.2 Å². The van der Waals surface area contributed by atoms with Gasteiger partial charge in [0.05, 0.1) is 12.2 Å². The van der Waals surface area contributed by atoms with Crippen LogP contribution in [-0.2, 0) is 6.54 Å². The Labute approximate surface area is 112 Å². The number of aromatic nitrogens is 1. The summed E-state index contributed by atoms with van der Waals surface area (Å²) in [6, 6.07) is 11.1. The molecule has 4 nitrogen and oxygen atoms in total. The van der Waals surface area contributed by atoms with Crippen LogP contribution in [0.1, 0.15) is 27.3 Å². The molecule has 1 heterocycles. The van der Waals surface area contributed by atoms with Crippen molar-refractivity contribution in [3.63, 3.8) is 0 Å². The lowest BCUT2D eigenvalue weighted by Crippen LogP contribution is -2.07. The Bertz CT molecular complexity index is 609. The molecule has 0 aliphatic rings. The van der Waals surface area contributed by atoms with Crippen molar-refractivity contribution in [1.29, 1.82) is 0 Å². The van der Waals surface area contributed by atoms with Gasteiger partial charge in [0, 0.05) is 5.69 Å². The largest absolute Gasteiger partial charge is 0.477 e. The van der Waals surface area contributed by atoms with Crippen molar-refractivity contribution in [3.05, 3.63) is 58.9 Å². The van der Waals surface area contributed by atoms with Gasteiger partial charge in [-0.25, -0.2) is 9.78 Å². The molecule has 0 atom stereocenters. The van der Waals surface area contributed by atoms with E-state index in [1.165, 1.54) is 17.2 Å². The van der Waals surface area contributed by atoms with Crippen LogP contribution in [0, 0.1) is 13.8 Å². The highest BCUT2D eigenvalue weighted by Crippen LogP contribution is 2.18. The maximum Gasteiger partial charge on any atom is 0.354 e. The van der Waals surface area contributed by atoms with Crippen molar-refractivity contribution in [3.8, 4) is 0 Å². The minimum absolute atomic E-state index is 0.0697. The van der Waals surface area contributed by atoms with Gasteiger partial charge in [0.1, 0.15) is 5.69 Å². The zero-order valence-corrected chi connectivity index (χ0v) is 11.0. The predicted octanol–water partition coefficient (Wildman–Crippen LogP) is 3.01. The molecule has 4 heteroatoms. The second-order valence-corrected chi connectivity index (χ2v) is 4.42. The van der Waals surface area contributed by atoms with Gasteiger partial charge in [-0.15, -0.1) is 0 Å². The fraction of sp³-hybridized carbons (Fsp3) is 0.200. The van der Waals surface area contributed by atoms with Crippen LogP contribution in [0.2, 0.25) is 0 Å². The normalized spacial score (nSPS) is 10.2. The molecule has 0 fully saturated rings. The summed E-state index contributed by atoms with van der Waals surface area (Å²) in [6.07, 6.45) is 0. The van der Waals surface area contributed by atoms with Crippen LogP contribution in [0.15, 0.2) is 36.4 Å². The van der Waals surface area contributed by atoms with Crippen molar-refractivity contribution in [2.24, 2.45) is 0 Å². The van der Waals surface area contributed by atoms with Gasteiger partial charge in [-0.05, 0) is 43.2 Å². The van der Waals surface area contributed by atoms with Gasteiger partial charge in [-0.2, -0.15) is 0 Å². The first-order chi connectivity index (χ1) is 9.08. The van der Waals surface area contributed by atoms with Gasteiger partial charge in [0.2, 0.25) is 0 Å². The van der Waals surface area contributed by atoms with E-state index >= 15 is 0 Å². The van der Waals surface area contributed by atoms with Crippen LogP contribution in [0.25, 0.3) is 0 Å². The minimum atomic E-state index is -1.01. The Morgan fingerprint density at radius 2 is 1.95 bits per heavy atom. The zero-order chi connectivity index (χ0) is 13.8. The van der Waals surface area contributed by atoms with Crippen molar-refractivity contribution in [2.45, 2.75) is 20.4 Å². The number of nitrogens with zero attached hydrogens (tertiary/aromatic N) is 1. The number of rotatable bonds is 4. The number of hydrogen-bond acceptors (Lipinski definition) is 3. The van der Waals surface area contributed by atoms with E-state index in [4.69, 9.17) is 5.11 Å². The van der Waals surface area contributed by atoms with Crippen LogP contribution >= 0.6 is 0 Å². The van der Waals surface area contributed by atoms with Crippen molar-refractivity contribution in [2.75, 3.05) is 5.32 Å². The Hall–Kier alpha value is -2.36. The zero-order valence-electron chi connectivity index (χ0n) is 11.0. The standard InChI is InChI=1S/C15H16N2O2/c1-10-5-3-7-13(11(10)2)16-9-12-6-4-8-14(17-12)15(18)19/h3-8,16H,9H2,1-2H3,(H,18,19). The summed E-state index contributed by atoms with van der Waals surface area (Å²) < 4.78 is 0. The first-order valence-electron chi connectivity index (χ1n) is 6.07. The monoisotopic (exact) mass is 256 g/mol. The molecule has 0 aliphatic heterocycles. The fourth-order valence-electron chi connectivity index (χ4n) is 1.83. The molecule has 2 N–H and O–H groups in total. The second-order valence-electron chi connectivity index (χ2n) is 4.42. The number of nitrogens with one attached hydrogen (secondary N) is 1. The molecule has 2 aromatic rings. The van der Waals surface area contributed by atoms with Crippen LogP contribution < -0.4 is 5.32 Å². The number of aromatic carboxylic acids is 1. The number of benzene rings is 1. The van der Waals surface area contributed by atoms with Gasteiger partial charge >= 0.3 is 5.97 Å². The first kappa shape index (κ1) is 13.1. The Balaban J connectivity index is 2.12. The maximum atomic E-state index is 10.8. The van der Waals surface area contributed by atoms with Gasteiger partial charge in [0.15, 0.2) is 0 Å². The Morgan fingerprint density at radius 1 is 1.21 bits per heavy atom. The fourth-order valence-corrected chi connectivity index (χ4v) is 1.83. The number of anilines is 1. The molecule has 0 unspecified atom stereocenters. The lowest BCUT2D eigenvalue weighted by molar-refractivity contribution is 0.0690. The number of hydrogen-bond donors (Lipinski definition) is 2. The summed E-state index contributed by atoms with van der Waals surface area (Å²) in [5, 5.41) is 12.2. The molecule has 98 valence electrons. The summed E-state index contributed by atoms with van der Waals surface area (Å²) in [6.45, 7) is 4.62. The smallest absolute Gasteiger partial charge is 0.354 e. The van der Waals surface area contributed by atoms with E-state index in [2.05, 4.69) is 30.2 Å². The molecule has 0 bridgehead atoms. The van der Waals surface area contributed by atoms with Gasteiger partial charge in [-0.1, -0.05) is 18.2 Å². The second kappa shape index (κ2) is 5.52. The molecule has 0 aliphatic carbocycles. The quantitative estimate of drug-likeness (QED) is 0.882. The highest BCUT2D eigenvalue weighted by molar-refractivity contribution is 5.85. The number of carboxylic acid groups (broad SMARTS) is 1. The van der Waals surface area contributed by atoms with E-state index in [0.717, 1.165) is 5.69 Å². The number of aryl methyl sites for hydroxylation is 1. The van der Waals surface area contributed by atoms with Crippen molar-refractivity contribution < 1.29 is 9.90 Å². The summed E-state index contributed by atoms with van der Waals surface area (Å²) in [5.74, 6) is -1.01. The van der Waals surface area contributed by atoms with E-state index < -0.39 is 5.97 Å². The molecule has 0 radical (unpaired) electrons. The van der Waals surface area contributed by atoms with E-state index in [1.54, 1.807) is 6.07 Å². The lowest BCUT2D eigenvalue weighted by atomic mass is 10.1. The van der Waals surface area contributed by atoms with Gasteiger partial charge < -0.3 is 10.4 Å². The molecule has 1 aromatic heterocycles. The first-order valence-corrected chi connectivity index (χ1v) is 6.07. The third-order valence-electron chi connectivity index (χ3n) is 3.09. The van der Waals surface area contributed by atoms with Crippen molar-refractivity contribution in [1.82, 2.24) is 4.98 Å². The number of carbonyl (C=O) groups is 1. The van der Waals surface area contributed by atoms with E-state index in [1.807, 2.05) is 18.2 Å². The summed E-state index contributed by atoms with van der Waals surface area (Å²) in [7, 11) is 0. The Kier molecular flexibility index (Phi) is 3.80. The van der Waals surface area contributed by atoms with Gasteiger partial charge in [0.25, 0.3) is 0 Å². The summed E-state index contributed by atoms with van der Waals surface area (Å²) in [5.41, 5.74) is 4.23. The molecule has 0 spiro atoms. The van der Waals surface area contributed by atoms with E-state index in [9.17, 15) is 4.79 Å². The molecule has 19 heavy (non-hydrogen) atoms. The van der Waals surface area contributed by atoms with Crippen LogP contribution in [-0.4, -0.2) is 16.1 Å².